The molecule has 1 rings (SSSR count). The molecular weight excluding hydrogens is 363 g/mol. The molecule has 0 unspecified atom stereocenters. The van der Waals surface area contributed by atoms with Crippen LogP contribution in [-0.2, 0) is 17.5 Å². The summed E-state index contributed by atoms with van der Waals surface area (Å²) in [6, 6.07) is 3.97. The molecule has 0 amide bonds. The Morgan fingerprint density at radius 1 is 1.41 bits per heavy atom. The number of benzene rings is 1. The van der Waals surface area contributed by atoms with Gasteiger partial charge < -0.3 is 15.8 Å². The smallest absolute Gasteiger partial charge is 0.382 e. The molecule has 0 spiro atoms. The number of nitrogens with two attached hydrogens (primary N) is 1. The lowest BCUT2D eigenvalue weighted by Crippen LogP contribution is -2.33. The van der Waals surface area contributed by atoms with Crippen LogP contribution in [0.4, 0.5) is 13.2 Å². The Morgan fingerprint density at radius 3 is 2.77 bits per heavy atom. The lowest BCUT2D eigenvalue weighted by atomic mass is 10.1. The fraction of sp³-hybridized carbons (Fsp3) is 0.500. The summed E-state index contributed by atoms with van der Waals surface area (Å²) in [5.41, 5.74) is 5.00. The van der Waals surface area contributed by atoms with Crippen molar-refractivity contribution >= 4 is 21.9 Å². The highest BCUT2D eigenvalue weighted by Crippen LogP contribution is 2.34. The van der Waals surface area contributed by atoms with E-state index in [0.29, 0.717) is 24.2 Å². The molecule has 0 aromatic heterocycles. The number of halogens is 4. The minimum absolute atomic E-state index is 0.0785. The minimum Gasteiger partial charge on any atom is -0.382 e. The van der Waals surface area contributed by atoms with Crippen LogP contribution in [-0.4, -0.2) is 25.7 Å². The molecule has 124 valence electrons. The van der Waals surface area contributed by atoms with Gasteiger partial charge in [0.15, 0.2) is 5.96 Å². The van der Waals surface area contributed by atoms with Crippen molar-refractivity contribution in [1.29, 1.82) is 0 Å². The van der Waals surface area contributed by atoms with Crippen molar-refractivity contribution in [2.45, 2.75) is 26.1 Å². The monoisotopic (exact) mass is 381 g/mol. The normalized spacial score (nSPS) is 12.5. The number of hydrogen-bond donors (Lipinski definition) is 2. The van der Waals surface area contributed by atoms with E-state index in [1.54, 1.807) is 6.07 Å². The highest BCUT2D eigenvalue weighted by molar-refractivity contribution is 9.10. The standard InChI is InChI=1S/C14H19BrF3N3O/c1-2-22-7-3-6-20-13(19)21-9-10-4-5-11(15)8-12(10)14(16,17)18/h4-5,8H,2-3,6-7,9H2,1H3,(H3,19,20,21). The maximum absolute atomic E-state index is 12.9. The molecule has 4 nitrogen and oxygen atoms in total. The van der Waals surface area contributed by atoms with Gasteiger partial charge in [-0.1, -0.05) is 22.0 Å². The molecule has 0 atom stereocenters. The molecule has 0 bridgehead atoms. The summed E-state index contributed by atoms with van der Waals surface area (Å²) in [5, 5.41) is 2.84. The molecule has 0 saturated carbocycles. The van der Waals surface area contributed by atoms with E-state index in [-0.39, 0.29) is 18.1 Å². The predicted octanol–water partition coefficient (Wildman–Crippen LogP) is 3.30. The first kappa shape index (κ1) is 18.8. The van der Waals surface area contributed by atoms with Gasteiger partial charge in [0, 0.05) is 24.2 Å². The van der Waals surface area contributed by atoms with Crippen LogP contribution in [0, 0.1) is 0 Å². The Balaban J connectivity index is 2.61. The molecule has 0 aliphatic heterocycles. The fourth-order valence-corrected chi connectivity index (χ4v) is 2.07. The van der Waals surface area contributed by atoms with E-state index in [2.05, 4.69) is 26.2 Å². The van der Waals surface area contributed by atoms with Crippen molar-refractivity contribution in [3.05, 3.63) is 33.8 Å². The van der Waals surface area contributed by atoms with Gasteiger partial charge in [-0.15, -0.1) is 0 Å². The van der Waals surface area contributed by atoms with Gasteiger partial charge >= 0.3 is 6.18 Å². The Hall–Kier alpha value is -1.28. The van der Waals surface area contributed by atoms with Gasteiger partial charge in [-0.3, -0.25) is 0 Å². The fourth-order valence-electron chi connectivity index (χ4n) is 1.71. The van der Waals surface area contributed by atoms with Crippen molar-refractivity contribution in [1.82, 2.24) is 5.32 Å². The van der Waals surface area contributed by atoms with Gasteiger partial charge in [0.2, 0.25) is 0 Å². The summed E-state index contributed by atoms with van der Waals surface area (Å²) in [6.45, 7) is 3.57. The highest BCUT2D eigenvalue weighted by atomic mass is 79.9. The maximum Gasteiger partial charge on any atom is 0.416 e. The van der Waals surface area contributed by atoms with E-state index in [0.717, 1.165) is 12.5 Å². The quantitative estimate of drug-likeness (QED) is 0.432. The average Bonchev–Trinajstić information content (AvgIpc) is 2.44. The molecule has 0 radical (unpaired) electrons. The van der Waals surface area contributed by atoms with E-state index in [4.69, 9.17) is 10.5 Å². The van der Waals surface area contributed by atoms with Crippen LogP contribution in [0.15, 0.2) is 27.7 Å². The first-order valence-corrected chi connectivity index (χ1v) is 7.61. The van der Waals surface area contributed by atoms with Gasteiger partial charge in [-0.25, -0.2) is 4.99 Å². The van der Waals surface area contributed by atoms with Gasteiger partial charge in [0.1, 0.15) is 0 Å². The molecule has 0 saturated heterocycles. The Kier molecular flexibility index (Phi) is 7.67. The lowest BCUT2D eigenvalue weighted by molar-refractivity contribution is -0.138. The third kappa shape index (κ3) is 6.65. The second-order valence-corrected chi connectivity index (χ2v) is 5.39. The minimum atomic E-state index is -4.42. The van der Waals surface area contributed by atoms with Crippen molar-refractivity contribution in [2.24, 2.45) is 10.7 Å². The summed E-state index contributed by atoms with van der Waals surface area (Å²) in [5.74, 6) is 0.118. The van der Waals surface area contributed by atoms with Crippen LogP contribution in [0.3, 0.4) is 0 Å². The second kappa shape index (κ2) is 8.99. The largest absolute Gasteiger partial charge is 0.416 e. The summed E-state index contributed by atoms with van der Waals surface area (Å²) in [4.78, 5) is 3.94. The molecule has 8 heteroatoms. The zero-order valence-electron chi connectivity index (χ0n) is 12.2. The molecular formula is C14H19BrF3N3O. The maximum atomic E-state index is 12.9. The van der Waals surface area contributed by atoms with Crippen LogP contribution < -0.4 is 11.1 Å². The number of rotatable bonds is 7. The SMILES string of the molecule is CCOCCCNC(N)=NCc1ccc(Br)cc1C(F)(F)F. The Labute approximate surface area is 136 Å². The molecule has 0 fully saturated rings. The molecule has 1 aromatic carbocycles. The zero-order valence-corrected chi connectivity index (χ0v) is 13.8. The first-order valence-electron chi connectivity index (χ1n) is 6.81. The summed E-state index contributed by atoms with van der Waals surface area (Å²) >= 11 is 3.04. The Bertz CT molecular complexity index is 507. The van der Waals surface area contributed by atoms with Gasteiger partial charge in [0.05, 0.1) is 12.1 Å². The molecule has 22 heavy (non-hydrogen) atoms. The van der Waals surface area contributed by atoms with Gasteiger partial charge in [-0.2, -0.15) is 13.2 Å². The van der Waals surface area contributed by atoms with Crippen LogP contribution in [0.5, 0.6) is 0 Å². The summed E-state index contributed by atoms with van der Waals surface area (Å²) in [7, 11) is 0. The van der Waals surface area contributed by atoms with E-state index >= 15 is 0 Å². The van der Waals surface area contributed by atoms with E-state index in [9.17, 15) is 13.2 Å². The molecule has 0 aliphatic carbocycles. The third-order valence-corrected chi connectivity index (χ3v) is 3.27. The number of guanidine groups is 1. The molecule has 1 aromatic rings. The van der Waals surface area contributed by atoms with Crippen LogP contribution in [0.2, 0.25) is 0 Å². The van der Waals surface area contributed by atoms with Gasteiger partial charge in [0.25, 0.3) is 0 Å². The summed E-state index contributed by atoms with van der Waals surface area (Å²) < 4.78 is 44.4. The van der Waals surface area contributed by atoms with Crippen LogP contribution >= 0.6 is 15.9 Å². The number of ether oxygens (including phenoxy) is 1. The second-order valence-electron chi connectivity index (χ2n) is 4.48. The number of nitrogens with zero attached hydrogens (tertiary/aromatic N) is 1. The van der Waals surface area contributed by atoms with Gasteiger partial charge in [-0.05, 0) is 31.0 Å². The predicted molar refractivity (Wildman–Crippen MR) is 83.6 cm³/mol. The van der Waals surface area contributed by atoms with Crippen LogP contribution in [0.25, 0.3) is 0 Å². The first-order chi connectivity index (χ1) is 10.3. The Morgan fingerprint density at radius 2 is 2.14 bits per heavy atom. The number of alkyl halides is 3. The van der Waals surface area contributed by atoms with Crippen molar-refractivity contribution in [3.8, 4) is 0 Å². The van der Waals surface area contributed by atoms with E-state index in [1.165, 1.54) is 6.07 Å². The van der Waals surface area contributed by atoms with E-state index < -0.39 is 11.7 Å². The highest BCUT2D eigenvalue weighted by Gasteiger charge is 2.33. The zero-order chi connectivity index (χ0) is 16.6. The van der Waals surface area contributed by atoms with Crippen LogP contribution in [0.1, 0.15) is 24.5 Å². The lowest BCUT2D eigenvalue weighted by Gasteiger charge is -2.12. The van der Waals surface area contributed by atoms with Crippen molar-refractivity contribution in [2.75, 3.05) is 19.8 Å². The number of nitrogens with one attached hydrogen (secondary N) is 1. The third-order valence-electron chi connectivity index (χ3n) is 2.77. The number of hydrogen-bond acceptors (Lipinski definition) is 2. The molecule has 0 aliphatic rings. The molecule has 0 heterocycles. The number of aliphatic imine (C=N–C) groups is 1. The van der Waals surface area contributed by atoms with Crippen molar-refractivity contribution < 1.29 is 17.9 Å². The topological polar surface area (TPSA) is 59.6 Å². The van der Waals surface area contributed by atoms with E-state index in [1.807, 2.05) is 6.92 Å². The summed E-state index contributed by atoms with van der Waals surface area (Å²) in [6.07, 6.45) is -3.68. The van der Waals surface area contributed by atoms with Crippen molar-refractivity contribution in [3.63, 3.8) is 0 Å². The average molecular weight is 382 g/mol. The molecule has 3 N–H and O–H groups in total.